The predicted molar refractivity (Wildman–Crippen MR) is 58.0 cm³/mol. The molecule has 1 aromatic heterocycles. The maximum Gasteiger partial charge on any atom is 0.151 e. The molecule has 0 spiro atoms. The van der Waals surface area contributed by atoms with E-state index in [9.17, 15) is 0 Å². The van der Waals surface area contributed by atoms with Gasteiger partial charge in [0, 0.05) is 17.8 Å². The van der Waals surface area contributed by atoms with Crippen LogP contribution >= 0.6 is 0 Å². The van der Waals surface area contributed by atoms with E-state index in [4.69, 9.17) is 10.4 Å². The highest BCUT2D eigenvalue weighted by molar-refractivity contribution is 5.86. The van der Waals surface area contributed by atoms with Crippen LogP contribution in [0.15, 0.2) is 23.3 Å². The molecule has 0 fully saturated rings. The number of aromatic nitrogens is 1. The van der Waals surface area contributed by atoms with Gasteiger partial charge in [-0.1, -0.05) is 6.92 Å². The SMILES string of the molecule is CC(=Nc1ccc(C#N)cn1)C(C)CO. The first-order valence-electron chi connectivity index (χ1n) is 4.69. The van der Waals surface area contributed by atoms with E-state index in [1.165, 1.54) is 6.20 Å². The minimum atomic E-state index is 0.0300. The minimum absolute atomic E-state index is 0.0300. The number of aliphatic hydroxyl groups excluding tert-OH is 1. The molecule has 4 nitrogen and oxygen atoms in total. The molecule has 0 saturated heterocycles. The lowest BCUT2D eigenvalue weighted by molar-refractivity contribution is 0.269. The van der Waals surface area contributed by atoms with Crippen molar-refractivity contribution in [3.63, 3.8) is 0 Å². The monoisotopic (exact) mass is 203 g/mol. The molecule has 1 rings (SSSR count). The Hall–Kier alpha value is -1.73. The van der Waals surface area contributed by atoms with E-state index in [2.05, 4.69) is 9.98 Å². The lowest BCUT2D eigenvalue weighted by atomic mass is 10.1. The molecule has 1 atom stereocenters. The summed E-state index contributed by atoms with van der Waals surface area (Å²) in [6, 6.07) is 5.35. The van der Waals surface area contributed by atoms with E-state index in [1.54, 1.807) is 12.1 Å². The Balaban J connectivity index is 2.85. The number of hydrogen-bond donors (Lipinski definition) is 1. The Morgan fingerprint density at radius 3 is 2.87 bits per heavy atom. The molecular formula is C11H13N3O. The molecule has 15 heavy (non-hydrogen) atoms. The van der Waals surface area contributed by atoms with Crippen LogP contribution < -0.4 is 0 Å². The Morgan fingerprint density at radius 2 is 2.40 bits per heavy atom. The number of aliphatic hydroxyl groups is 1. The predicted octanol–water partition coefficient (Wildman–Crippen LogP) is 1.67. The quantitative estimate of drug-likeness (QED) is 0.760. The normalized spacial score (nSPS) is 13.3. The third kappa shape index (κ3) is 3.15. The molecule has 4 heteroatoms. The first-order valence-corrected chi connectivity index (χ1v) is 4.69. The standard InChI is InChI=1S/C11H13N3O/c1-8(7-15)9(2)14-11-4-3-10(5-12)6-13-11/h3-4,6,8,15H,7H2,1-2H3. The van der Waals surface area contributed by atoms with Crippen molar-refractivity contribution in [3.8, 4) is 6.07 Å². The zero-order valence-corrected chi connectivity index (χ0v) is 8.81. The van der Waals surface area contributed by atoms with Crippen molar-refractivity contribution in [2.45, 2.75) is 13.8 Å². The van der Waals surface area contributed by atoms with Crippen molar-refractivity contribution in [2.75, 3.05) is 6.61 Å². The van der Waals surface area contributed by atoms with Crippen molar-refractivity contribution in [1.29, 1.82) is 5.26 Å². The second-order valence-electron chi connectivity index (χ2n) is 3.35. The van der Waals surface area contributed by atoms with Gasteiger partial charge in [-0.15, -0.1) is 0 Å². The molecular weight excluding hydrogens is 190 g/mol. The molecule has 0 bridgehead atoms. The molecule has 1 aromatic rings. The van der Waals surface area contributed by atoms with Crippen LogP contribution in [0.4, 0.5) is 5.82 Å². The number of pyridine rings is 1. The van der Waals surface area contributed by atoms with E-state index in [1.807, 2.05) is 19.9 Å². The zero-order valence-electron chi connectivity index (χ0n) is 8.81. The summed E-state index contributed by atoms with van der Waals surface area (Å²) in [5.74, 6) is 0.592. The van der Waals surface area contributed by atoms with Gasteiger partial charge in [-0.3, -0.25) is 0 Å². The van der Waals surface area contributed by atoms with Gasteiger partial charge in [-0.2, -0.15) is 5.26 Å². The van der Waals surface area contributed by atoms with Crippen molar-refractivity contribution in [2.24, 2.45) is 10.9 Å². The van der Waals surface area contributed by atoms with Crippen LogP contribution in [0.1, 0.15) is 19.4 Å². The molecule has 1 unspecified atom stereocenters. The molecule has 0 aromatic carbocycles. The highest BCUT2D eigenvalue weighted by Crippen LogP contribution is 2.10. The van der Waals surface area contributed by atoms with Crippen LogP contribution in [0.5, 0.6) is 0 Å². The fraction of sp³-hybridized carbons (Fsp3) is 0.364. The molecule has 0 aliphatic carbocycles. The Morgan fingerprint density at radius 1 is 1.67 bits per heavy atom. The zero-order chi connectivity index (χ0) is 11.3. The minimum Gasteiger partial charge on any atom is -0.396 e. The van der Waals surface area contributed by atoms with Crippen LogP contribution in [0.3, 0.4) is 0 Å². The summed E-state index contributed by atoms with van der Waals surface area (Å²) in [4.78, 5) is 8.26. The van der Waals surface area contributed by atoms with Crippen LogP contribution in [0.2, 0.25) is 0 Å². The second-order valence-corrected chi connectivity index (χ2v) is 3.35. The Bertz CT molecular complexity index is 389. The van der Waals surface area contributed by atoms with E-state index < -0.39 is 0 Å². The third-order valence-electron chi connectivity index (χ3n) is 2.15. The van der Waals surface area contributed by atoms with Crippen molar-refractivity contribution in [1.82, 2.24) is 4.98 Å². The van der Waals surface area contributed by atoms with E-state index >= 15 is 0 Å². The van der Waals surface area contributed by atoms with Gasteiger partial charge in [0.15, 0.2) is 5.82 Å². The summed E-state index contributed by atoms with van der Waals surface area (Å²) in [6.45, 7) is 3.81. The molecule has 1 N–H and O–H groups in total. The number of aliphatic imine (C=N–C) groups is 1. The van der Waals surface area contributed by atoms with E-state index in [0.29, 0.717) is 11.4 Å². The van der Waals surface area contributed by atoms with Crippen LogP contribution in [0, 0.1) is 17.2 Å². The van der Waals surface area contributed by atoms with Gasteiger partial charge in [0.25, 0.3) is 0 Å². The third-order valence-corrected chi connectivity index (χ3v) is 2.15. The molecule has 0 aliphatic rings. The van der Waals surface area contributed by atoms with Gasteiger partial charge >= 0.3 is 0 Å². The van der Waals surface area contributed by atoms with Crippen LogP contribution in [-0.2, 0) is 0 Å². The summed E-state index contributed by atoms with van der Waals surface area (Å²) < 4.78 is 0. The first kappa shape index (κ1) is 11.3. The highest BCUT2D eigenvalue weighted by atomic mass is 16.3. The van der Waals surface area contributed by atoms with E-state index in [-0.39, 0.29) is 12.5 Å². The smallest absolute Gasteiger partial charge is 0.151 e. The fourth-order valence-electron chi connectivity index (χ4n) is 0.941. The number of rotatable bonds is 3. The van der Waals surface area contributed by atoms with Gasteiger partial charge < -0.3 is 5.11 Å². The Kier molecular flexibility index (Phi) is 3.95. The molecule has 0 aliphatic heterocycles. The van der Waals surface area contributed by atoms with Crippen molar-refractivity contribution in [3.05, 3.63) is 23.9 Å². The lowest BCUT2D eigenvalue weighted by Crippen LogP contribution is -2.10. The summed E-state index contributed by atoms with van der Waals surface area (Å²) in [7, 11) is 0. The molecule has 1 heterocycles. The molecule has 0 amide bonds. The summed E-state index contributed by atoms with van der Waals surface area (Å²) in [5.41, 5.74) is 1.34. The average Bonchev–Trinajstić information content (AvgIpc) is 2.29. The first-order chi connectivity index (χ1) is 7.17. The van der Waals surface area contributed by atoms with Gasteiger partial charge in [0.1, 0.15) is 6.07 Å². The van der Waals surface area contributed by atoms with Crippen molar-refractivity contribution < 1.29 is 5.11 Å². The van der Waals surface area contributed by atoms with Crippen molar-refractivity contribution >= 4 is 11.5 Å². The van der Waals surface area contributed by atoms with Gasteiger partial charge in [-0.25, -0.2) is 9.98 Å². The van der Waals surface area contributed by atoms with Crippen LogP contribution in [0.25, 0.3) is 0 Å². The fourth-order valence-corrected chi connectivity index (χ4v) is 0.941. The number of hydrogen-bond acceptors (Lipinski definition) is 4. The topological polar surface area (TPSA) is 69.3 Å². The molecule has 0 saturated carbocycles. The lowest BCUT2D eigenvalue weighted by Gasteiger charge is -2.06. The molecule has 0 radical (unpaired) electrons. The van der Waals surface area contributed by atoms with Gasteiger partial charge in [-0.05, 0) is 19.1 Å². The average molecular weight is 203 g/mol. The summed E-state index contributed by atoms with van der Waals surface area (Å²) in [5, 5.41) is 17.5. The summed E-state index contributed by atoms with van der Waals surface area (Å²) >= 11 is 0. The van der Waals surface area contributed by atoms with Gasteiger partial charge in [0.2, 0.25) is 0 Å². The number of nitrogens with zero attached hydrogens (tertiary/aromatic N) is 3. The maximum atomic E-state index is 8.92. The highest BCUT2D eigenvalue weighted by Gasteiger charge is 2.03. The maximum absolute atomic E-state index is 8.92. The van der Waals surface area contributed by atoms with Gasteiger partial charge in [0.05, 0.1) is 12.2 Å². The van der Waals surface area contributed by atoms with E-state index in [0.717, 1.165) is 5.71 Å². The Labute approximate surface area is 88.9 Å². The largest absolute Gasteiger partial charge is 0.396 e. The summed E-state index contributed by atoms with van der Waals surface area (Å²) in [6.07, 6.45) is 1.48. The second kappa shape index (κ2) is 5.23. The number of nitriles is 1. The van der Waals surface area contributed by atoms with Crippen LogP contribution in [-0.4, -0.2) is 22.4 Å². The molecule has 78 valence electrons.